The quantitative estimate of drug-likeness (QED) is 0.655. The van der Waals surface area contributed by atoms with Crippen LogP contribution in [0, 0.1) is 10.1 Å². The van der Waals surface area contributed by atoms with Crippen molar-refractivity contribution >= 4 is 11.5 Å². The maximum Gasteiger partial charge on any atom is 0.330 e. The lowest BCUT2D eigenvalue weighted by atomic mass is 10.2. The molecule has 20 heavy (non-hydrogen) atoms. The van der Waals surface area contributed by atoms with E-state index >= 15 is 0 Å². The minimum absolute atomic E-state index is 0.00729. The smallest absolute Gasteiger partial charge is 0.330 e. The molecule has 0 aliphatic rings. The second kappa shape index (κ2) is 5.47. The average Bonchev–Trinajstić information content (AvgIpc) is 2.80. The van der Waals surface area contributed by atoms with Crippen molar-refractivity contribution in [3.63, 3.8) is 0 Å². The van der Waals surface area contributed by atoms with Gasteiger partial charge in [-0.2, -0.15) is 5.10 Å². The fraction of sp³-hybridized carbons (Fsp3) is 0.250. The molecule has 2 N–H and O–H groups in total. The van der Waals surface area contributed by atoms with Crippen molar-refractivity contribution < 1.29 is 14.4 Å². The molecular formula is C12H14N4O4. The van der Waals surface area contributed by atoms with Crippen molar-refractivity contribution in [3.05, 3.63) is 40.1 Å². The maximum atomic E-state index is 10.7. The first-order valence-corrected chi connectivity index (χ1v) is 5.73. The van der Waals surface area contributed by atoms with Crippen LogP contribution < -0.4 is 15.2 Å². The number of aromatic nitrogens is 2. The summed E-state index contributed by atoms with van der Waals surface area (Å²) in [5.74, 6) is 1.26. The molecule has 2 rings (SSSR count). The van der Waals surface area contributed by atoms with Gasteiger partial charge in [0.15, 0.2) is 0 Å². The molecule has 0 fully saturated rings. The van der Waals surface area contributed by atoms with Crippen LogP contribution in [0.25, 0.3) is 0 Å². The average molecular weight is 278 g/mol. The Balaban J connectivity index is 2.32. The zero-order chi connectivity index (χ0) is 14.7. The lowest BCUT2D eigenvalue weighted by Crippen LogP contribution is -2.07. The van der Waals surface area contributed by atoms with E-state index in [1.54, 1.807) is 25.3 Å². The molecule has 0 unspecified atom stereocenters. The van der Waals surface area contributed by atoms with E-state index in [1.165, 1.54) is 11.8 Å². The van der Waals surface area contributed by atoms with Gasteiger partial charge >= 0.3 is 5.69 Å². The van der Waals surface area contributed by atoms with Gasteiger partial charge in [0.05, 0.1) is 25.7 Å². The highest BCUT2D eigenvalue weighted by molar-refractivity contribution is 5.52. The maximum absolute atomic E-state index is 10.7. The highest BCUT2D eigenvalue weighted by Crippen LogP contribution is 2.27. The van der Waals surface area contributed by atoms with Crippen LogP contribution in [0.4, 0.5) is 11.5 Å². The van der Waals surface area contributed by atoms with Gasteiger partial charge in [-0.15, -0.1) is 0 Å². The third kappa shape index (κ3) is 2.48. The Morgan fingerprint density at radius 2 is 2.15 bits per heavy atom. The standard InChI is InChI=1S/C12H14N4O4/c1-19-9-4-3-8(11(5-9)20-2)7-15-12(13)10(6-14-15)16(17)18/h3-6H,7,13H2,1-2H3. The first kappa shape index (κ1) is 13.7. The number of nitrogens with zero attached hydrogens (tertiary/aromatic N) is 3. The topological polar surface area (TPSA) is 105 Å². The SMILES string of the molecule is COc1ccc(Cn2ncc([N+](=O)[O-])c2N)c(OC)c1. The lowest BCUT2D eigenvalue weighted by molar-refractivity contribution is -0.384. The van der Waals surface area contributed by atoms with E-state index in [0.717, 1.165) is 11.8 Å². The molecule has 106 valence electrons. The monoisotopic (exact) mass is 278 g/mol. The van der Waals surface area contributed by atoms with E-state index < -0.39 is 4.92 Å². The third-order valence-electron chi connectivity index (χ3n) is 2.87. The fourth-order valence-corrected chi connectivity index (χ4v) is 1.80. The van der Waals surface area contributed by atoms with E-state index in [-0.39, 0.29) is 18.1 Å². The normalized spacial score (nSPS) is 10.3. The molecule has 8 heteroatoms. The molecule has 0 radical (unpaired) electrons. The van der Waals surface area contributed by atoms with Crippen LogP contribution >= 0.6 is 0 Å². The van der Waals surface area contributed by atoms with Gasteiger partial charge in [-0.25, -0.2) is 4.68 Å². The summed E-state index contributed by atoms with van der Waals surface area (Å²) in [6, 6.07) is 5.29. The Morgan fingerprint density at radius 3 is 2.70 bits per heavy atom. The summed E-state index contributed by atoms with van der Waals surface area (Å²) in [5.41, 5.74) is 6.27. The Morgan fingerprint density at radius 1 is 1.40 bits per heavy atom. The molecule has 1 heterocycles. The molecular weight excluding hydrogens is 264 g/mol. The van der Waals surface area contributed by atoms with E-state index in [1.807, 2.05) is 0 Å². The summed E-state index contributed by atoms with van der Waals surface area (Å²) in [6.45, 7) is 0.271. The first-order valence-electron chi connectivity index (χ1n) is 5.73. The van der Waals surface area contributed by atoms with Crippen LogP contribution in [-0.4, -0.2) is 28.9 Å². The van der Waals surface area contributed by atoms with E-state index in [4.69, 9.17) is 15.2 Å². The lowest BCUT2D eigenvalue weighted by Gasteiger charge is -2.11. The highest BCUT2D eigenvalue weighted by atomic mass is 16.6. The molecule has 8 nitrogen and oxygen atoms in total. The largest absolute Gasteiger partial charge is 0.497 e. The van der Waals surface area contributed by atoms with Gasteiger partial charge in [-0.3, -0.25) is 10.1 Å². The number of hydrogen-bond donors (Lipinski definition) is 1. The van der Waals surface area contributed by atoms with Gasteiger partial charge in [0.25, 0.3) is 0 Å². The Bertz CT molecular complexity index is 638. The second-order valence-electron chi connectivity index (χ2n) is 4.01. The number of methoxy groups -OCH3 is 2. The predicted octanol–water partition coefficient (Wildman–Crippen LogP) is 1.44. The zero-order valence-corrected chi connectivity index (χ0v) is 11.1. The minimum Gasteiger partial charge on any atom is -0.497 e. The van der Waals surface area contributed by atoms with Gasteiger partial charge in [-0.1, -0.05) is 0 Å². The van der Waals surface area contributed by atoms with Crippen LogP contribution in [0.15, 0.2) is 24.4 Å². The summed E-state index contributed by atoms with van der Waals surface area (Å²) in [7, 11) is 3.09. The molecule has 0 aliphatic heterocycles. The van der Waals surface area contributed by atoms with Gasteiger partial charge in [0, 0.05) is 11.6 Å². The van der Waals surface area contributed by atoms with Crippen molar-refractivity contribution in [2.75, 3.05) is 20.0 Å². The molecule has 2 aromatic rings. The van der Waals surface area contributed by atoms with Crippen molar-refractivity contribution in [1.29, 1.82) is 0 Å². The molecule has 0 spiro atoms. The number of nitrogens with two attached hydrogens (primary N) is 1. The number of benzene rings is 1. The van der Waals surface area contributed by atoms with Crippen LogP contribution in [0.5, 0.6) is 11.5 Å². The van der Waals surface area contributed by atoms with Crippen molar-refractivity contribution in [3.8, 4) is 11.5 Å². The Hall–Kier alpha value is -2.77. The summed E-state index contributed by atoms with van der Waals surface area (Å²) in [6.07, 6.45) is 1.13. The molecule has 1 aromatic heterocycles. The van der Waals surface area contributed by atoms with Crippen molar-refractivity contribution in [1.82, 2.24) is 9.78 Å². The Labute approximate surface area is 114 Å². The zero-order valence-electron chi connectivity index (χ0n) is 11.1. The molecule has 0 amide bonds. The molecule has 1 aromatic carbocycles. The Kier molecular flexibility index (Phi) is 3.74. The van der Waals surface area contributed by atoms with Gasteiger partial charge in [0.2, 0.25) is 5.82 Å². The van der Waals surface area contributed by atoms with Gasteiger partial charge < -0.3 is 15.2 Å². The summed E-state index contributed by atoms with van der Waals surface area (Å²) < 4.78 is 11.7. The molecule has 0 aliphatic carbocycles. The molecule has 0 bridgehead atoms. The minimum atomic E-state index is -0.565. The van der Waals surface area contributed by atoms with Crippen LogP contribution in [0.2, 0.25) is 0 Å². The fourth-order valence-electron chi connectivity index (χ4n) is 1.80. The van der Waals surface area contributed by atoms with E-state index in [0.29, 0.717) is 11.5 Å². The molecule has 0 atom stereocenters. The van der Waals surface area contributed by atoms with Crippen LogP contribution in [0.3, 0.4) is 0 Å². The van der Waals surface area contributed by atoms with Crippen LogP contribution in [-0.2, 0) is 6.54 Å². The first-order chi connectivity index (χ1) is 9.56. The summed E-state index contributed by atoms with van der Waals surface area (Å²) in [4.78, 5) is 10.2. The highest BCUT2D eigenvalue weighted by Gasteiger charge is 2.18. The number of nitrogen functional groups attached to an aromatic ring is 1. The van der Waals surface area contributed by atoms with Gasteiger partial charge in [-0.05, 0) is 12.1 Å². The number of ether oxygens (including phenoxy) is 2. The molecule has 0 saturated heterocycles. The van der Waals surface area contributed by atoms with E-state index in [9.17, 15) is 10.1 Å². The van der Waals surface area contributed by atoms with Gasteiger partial charge in [0.1, 0.15) is 17.7 Å². The third-order valence-corrected chi connectivity index (χ3v) is 2.87. The van der Waals surface area contributed by atoms with E-state index in [2.05, 4.69) is 5.10 Å². The second-order valence-corrected chi connectivity index (χ2v) is 4.01. The number of nitro groups is 1. The number of anilines is 1. The van der Waals surface area contributed by atoms with Crippen molar-refractivity contribution in [2.45, 2.75) is 6.54 Å². The summed E-state index contributed by atoms with van der Waals surface area (Å²) >= 11 is 0. The van der Waals surface area contributed by atoms with Crippen LogP contribution in [0.1, 0.15) is 5.56 Å². The predicted molar refractivity (Wildman–Crippen MR) is 71.9 cm³/mol. The number of hydrogen-bond acceptors (Lipinski definition) is 6. The summed E-state index contributed by atoms with van der Waals surface area (Å²) in [5, 5.41) is 14.6. The number of rotatable bonds is 5. The van der Waals surface area contributed by atoms with Crippen molar-refractivity contribution in [2.24, 2.45) is 0 Å². The molecule has 0 saturated carbocycles.